The van der Waals surface area contributed by atoms with Gasteiger partial charge in [0.1, 0.15) is 6.04 Å². The van der Waals surface area contributed by atoms with Crippen molar-refractivity contribution in [3.05, 3.63) is 34.4 Å². The van der Waals surface area contributed by atoms with E-state index in [9.17, 15) is 19.7 Å². The second-order valence-electron chi connectivity index (χ2n) is 4.65. The minimum Gasteiger partial charge on any atom is -0.467 e. The number of nitrogens with zero attached hydrogens (tertiary/aromatic N) is 1. The van der Waals surface area contributed by atoms with Crippen LogP contribution >= 0.6 is 0 Å². The number of ether oxygens (including phenoxy) is 1. The molecule has 0 fully saturated rings. The van der Waals surface area contributed by atoms with Crippen molar-refractivity contribution < 1.29 is 19.2 Å². The highest BCUT2D eigenvalue weighted by atomic mass is 16.6. The van der Waals surface area contributed by atoms with E-state index in [-0.39, 0.29) is 11.6 Å². The molecule has 1 aromatic rings. The quantitative estimate of drug-likeness (QED) is 0.489. The van der Waals surface area contributed by atoms with Crippen molar-refractivity contribution in [2.75, 3.05) is 12.4 Å². The number of urea groups is 1. The highest BCUT2D eigenvalue weighted by molar-refractivity contribution is 5.92. The summed E-state index contributed by atoms with van der Waals surface area (Å²) in [4.78, 5) is 33.3. The number of nitrogens with one attached hydrogen (secondary N) is 2. The number of esters is 1. The number of carbonyl (C=O) groups is 2. The summed E-state index contributed by atoms with van der Waals surface area (Å²) in [5.41, 5.74) is 0.307. The predicted molar refractivity (Wildman–Crippen MR) is 75.9 cm³/mol. The van der Waals surface area contributed by atoms with E-state index in [1.54, 1.807) is 13.8 Å². The van der Waals surface area contributed by atoms with Gasteiger partial charge in [-0.05, 0) is 18.1 Å². The summed E-state index contributed by atoms with van der Waals surface area (Å²) in [5.74, 6) is -0.677. The first-order valence-corrected chi connectivity index (χ1v) is 6.25. The summed E-state index contributed by atoms with van der Waals surface area (Å²) < 4.78 is 4.61. The number of hydrogen-bond donors (Lipinski definition) is 2. The smallest absolute Gasteiger partial charge is 0.328 e. The standard InChI is InChI=1S/C13H17N3O5/c1-8(2)11(12(17)21-3)15-13(18)14-9-4-6-10(7-5-9)16(19)20/h4-8,11H,1-3H3,(H2,14,15,18). The molecule has 1 aromatic carbocycles. The molecule has 2 amide bonds. The van der Waals surface area contributed by atoms with Gasteiger partial charge in [0.2, 0.25) is 0 Å². The number of amides is 2. The van der Waals surface area contributed by atoms with Crippen molar-refractivity contribution in [3.8, 4) is 0 Å². The highest BCUT2D eigenvalue weighted by Crippen LogP contribution is 2.15. The number of nitro benzene ring substituents is 1. The molecule has 0 aromatic heterocycles. The second kappa shape index (κ2) is 7.22. The lowest BCUT2D eigenvalue weighted by atomic mass is 10.1. The zero-order chi connectivity index (χ0) is 16.0. The Hall–Kier alpha value is -2.64. The summed E-state index contributed by atoms with van der Waals surface area (Å²) >= 11 is 0. The number of nitro groups is 1. The van der Waals surface area contributed by atoms with Crippen molar-refractivity contribution >= 4 is 23.4 Å². The molecule has 0 bridgehead atoms. The fourth-order valence-electron chi connectivity index (χ4n) is 1.60. The van der Waals surface area contributed by atoms with Crippen LogP contribution in [0.1, 0.15) is 13.8 Å². The first kappa shape index (κ1) is 16.4. The topological polar surface area (TPSA) is 111 Å². The third kappa shape index (κ3) is 4.75. The molecule has 0 aliphatic rings. The van der Waals surface area contributed by atoms with E-state index < -0.39 is 23.0 Å². The molecule has 0 saturated heterocycles. The number of rotatable bonds is 5. The number of hydrogen-bond acceptors (Lipinski definition) is 5. The minimum atomic E-state index is -0.770. The van der Waals surface area contributed by atoms with Crippen LogP contribution in [0.2, 0.25) is 0 Å². The van der Waals surface area contributed by atoms with Crippen molar-refractivity contribution in [2.45, 2.75) is 19.9 Å². The molecule has 8 nitrogen and oxygen atoms in total. The number of non-ortho nitro benzene ring substituents is 1. The second-order valence-corrected chi connectivity index (χ2v) is 4.65. The Morgan fingerprint density at radius 1 is 1.24 bits per heavy atom. The van der Waals surface area contributed by atoms with Gasteiger partial charge in [0.05, 0.1) is 12.0 Å². The molecule has 0 heterocycles. The van der Waals surface area contributed by atoms with E-state index >= 15 is 0 Å². The fourth-order valence-corrected chi connectivity index (χ4v) is 1.60. The first-order chi connectivity index (χ1) is 9.85. The molecule has 0 aliphatic carbocycles. The zero-order valence-corrected chi connectivity index (χ0v) is 12.0. The summed E-state index contributed by atoms with van der Waals surface area (Å²) in [7, 11) is 1.24. The Bertz CT molecular complexity index is 527. The molecule has 8 heteroatoms. The summed E-state index contributed by atoms with van der Waals surface area (Å²) in [6, 6.07) is 3.99. The van der Waals surface area contributed by atoms with E-state index in [1.165, 1.54) is 31.4 Å². The molecule has 21 heavy (non-hydrogen) atoms. The lowest BCUT2D eigenvalue weighted by molar-refractivity contribution is -0.384. The molecule has 114 valence electrons. The monoisotopic (exact) mass is 295 g/mol. The zero-order valence-electron chi connectivity index (χ0n) is 12.0. The number of methoxy groups -OCH3 is 1. The van der Waals surface area contributed by atoms with Gasteiger partial charge in [-0.25, -0.2) is 9.59 Å². The van der Waals surface area contributed by atoms with E-state index in [2.05, 4.69) is 15.4 Å². The van der Waals surface area contributed by atoms with E-state index in [1.807, 2.05) is 0 Å². The molecule has 1 rings (SSSR count). The molecule has 0 spiro atoms. The van der Waals surface area contributed by atoms with Crippen molar-refractivity contribution in [1.29, 1.82) is 0 Å². The average molecular weight is 295 g/mol. The normalized spacial score (nSPS) is 11.6. The highest BCUT2D eigenvalue weighted by Gasteiger charge is 2.24. The largest absolute Gasteiger partial charge is 0.467 e. The molecule has 1 atom stereocenters. The van der Waals surface area contributed by atoms with Crippen LogP contribution in [0.25, 0.3) is 0 Å². The summed E-state index contributed by atoms with van der Waals surface area (Å²) in [5, 5.41) is 15.5. The third-order valence-corrected chi connectivity index (χ3v) is 2.74. The van der Waals surface area contributed by atoms with Gasteiger partial charge < -0.3 is 15.4 Å². The molecule has 0 aliphatic heterocycles. The van der Waals surface area contributed by atoms with E-state index in [0.717, 1.165) is 0 Å². The van der Waals surface area contributed by atoms with Crippen LogP contribution in [0, 0.1) is 16.0 Å². The Labute approximate surface area is 121 Å². The maximum Gasteiger partial charge on any atom is 0.328 e. The lowest BCUT2D eigenvalue weighted by Gasteiger charge is -2.20. The Morgan fingerprint density at radius 2 is 1.81 bits per heavy atom. The minimum absolute atomic E-state index is 0.0735. The Kier molecular flexibility index (Phi) is 5.65. The van der Waals surface area contributed by atoms with Gasteiger partial charge in [0.25, 0.3) is 5.69 Å². The van der Waals surface area contributed by atoms with Gasteiger partial charge >= 0.3 is 12.0 Å². The maximum atomic E-state index is 11.8. The molecule has 1 unspecified atom stereocenters. The molecular weight excluding hydrogens is 278 g/mol. The van der Waals surface area contributed by atoms with Crippen molar-refractivity contribution in [3.63, 3.8) is 0 Å². The third-order valence-electron chi connectivity index (χ3n) is 2.74. The van der Waals surface area contributed by atoms with Crippen molar-refractivity contribution in [2.24, 2.45) is 5.92 Å². The van der Waals surface area contributed by atoms with Gasteiger partial charge in [-0.2, -0.15) is 0 Å². The Balaban J connectivity index is 2.67. The molecule has 0 radical (unpaired) electrons. The summed E-state index contributed by atoms with van der Waals surface area (Å²) in [6.07, 6.45) is 0. The van der Waals surface area contributed by atoms with Crippen LogP contribution in [0.15, 0.2) is 24.3 Å². The SMILES string of the molecule is COC(=O)C(NC(=O)Nc1ccc([N+](=O)[O-])cc1)C(C)C. The van der Waals surface area contributed by atoms with Gasteiger partial charge in [-0.3, -0.25) is 10.1 Å². The Morgan fingerprint density at radius 3 is 2.24 bits per heavy atom. The van der Waals surface area contributed by atoms with Crippen LogP contribution in [0.3, 0.4) is 0 Å². The van der Waals surface area contributed by atoms with Crippen molar-refractivity contribution in [1.82, 2.24) is 5.32 Å². The number of carbonyl (C=O) groups excluding carboxylic acids is 2. The van der Waals surface area contributed by atoms with Crippen LogP contribution < -0.4 is 10.6 Å². The van der Waals surface area contributed by atoms with Crippen LogP contribution in [0.4, 0.5) is 16.2 Å². The van der Waals surface area contributed by atoms with Crippen LogP contribution in [-0.2, 0) is 9.53 Å². The van der Waals surface area contributed by atoms with Crippen LogP contribution in [0.5, 0.6) is 0 Å². The van der Waals surface area contributed by atoms with Gasteiger partial charge in [0, 0.05) is 17.8 Å². The maximum absolute atomic E-state index is 11.8. The average Bonchev–Trinajstić information content (AvgIpc) is 2.44. The lowest BCUT2D eigenvalue weighted by Crippen LogP contribution is -2.46. The first-order valence-electron chi connectivity index (χ1n) is 6.25. The van der Waals surface area contributed by atoms with Crippen LogP contribution in [-0.4, -0.2) is 30.1 Å². The molecule has 2 N–H and O–H groups in total. The fraction of sp³-hybridized carbons (Fsp3) is 0.385. The van der Waals surface area contributed by atoms with Gasteiger partial charge in [0.15, 0.2) is 0 Å². The number of anilines is 1. The van der Waals surface area contributed by atoms with Gasteiger partial charge in [-0.1, -0.05) is 13.8 Å². The number of benzene rings is 1. The van der Waals surface area contributed by atoms with E-state index in [0.29, 0.717) is 5.69 Å². The van der Waals surface area contributed by atoms with E-state index in [4.69, 9.17) is 0 Å². The predicted octanol–water partition coefficient (Wildman–Crippen LogP) is 1.91. The molecular formula is C13H17N3O5. The molecule has 0 saturated carbocycles. The van der Waals surface area contributed by atoms with Gasteiger partial charge in [-0.15, -0.1) is 0 Å². The summed E-state index contributed by atoms with van der Waals surface area (Å²) in [6.45, 7) is 3.54.